The zero-order chi connectivity index (χ0) is 11.4. The van der Waals surface area contributed by atoms with Crippen LogP contribution in [-0.2, 0) is 5.33 Å². The molecule has 2 nitrogen and oxygen atoms in total. The highest BCUT2D eigenvalue weighted by Gasteiger charge is 2.20. The first-order chi connectivity index (χ1) is 7.85. The molecule has 1 N–H and O–H groups in total. The summed E-state index contributed by atoms with van der Waals surface area (Å²) in [4.78, 5) is 0. The summed E-state index contributed by atoms with van der Waals surface area (Å²) in [5.41, 5.74) is 3.79. The van der Waals surface area contributed by atoms with E-state index in [1.807, 2.05) is 0 Å². The fourth-order valence-electron chi connectivity index (χ4n) is 2.42. The molecular weight excluding hydrogens is 266 g/mol. The Hall–Kier alpha value is -0.830. The van der Waals surface area contributed by atoms with E-state index in [4.69, 9.17) is 5.21 Å². The number of nitrogens with zero attached hydrogens (tertiary/aromatic N) is 1. The molecule has 0 radical (unpaired) electrons. The SMILES string of the molecule is ON=C1CCC(c2ccccc2CBr)CC1. The van der Waals surface area contributed by atoms with Gasteiger partial charge in [0.2, 0.25) is 0 Å². The lowest BCUT2D eigenvalue weighted by Gasteiger charge is -2.24. The molecule has 1 fully saturated rings. The number of halogens is 1. The van der Waals surface area contributed by atoms with Gasteiger partial charge >= 0.3 is 0 Å². The molecule has 0 bridgehead atoms. The monoisotopic (exact) mass is 281 g/mol. The van der Waals surface area contributed by atoms with Crippen molar-refractivity contribution in [2.45, 2.75) is 36.9 Å². The van der Waals surface area contributed by atoms with Crippen LogP contribution >= 0.6 is 15.9 Å². The van der Waals surface area contributed by atoms with Crippen LogP contribution in [0.3, 0.4) is 0 Å². The molecule has 0 amide bonds. The molecule has 1 aliphatic rings. The van der Waals surface area contributed by atoms with Crippen LogP contribution < -0.4 is 0 Å². The van der Waals surface area contributed by atoms with Gasteiger partial charge in [0.15, 0.2) is 0 Å². The van der Waals surface area contributed by atoms with Gasteiger partial charge in [-0.1, -0.05) is 45.4 Å². The van der Waals surface area contributed by atoms with Gasteiger partial charge in [0.25, 0.3) is 0 Å². The number of oxime groups is 1. The molecule has 0 heterocycles. The van der Waals surface area contributed by atoms with E-state index in [0.717, 1.165) is 36.7 Å². The summed E-state index contributed by atoms with van der Waals surface area (Å²) in [7, 11) is 0. The van der Waals surface area contributed by atoms with Gasteiger partial charge in [-0.05, 0) is 42.7 Å². The molecule has 1 aromatic rings. The van der Waals surface area contributed by atoms with Gasteiger partial charge in [0.05, 0.1) is 5.71 Å². The maximum absolute atomic E-state index is 8.73. The van der Waals surface area contributed by atoms with Gasteiger partial charge in [-0.2, -0.15) is 0 Å². The lowest BCUT2D eigenvalue weighted by Crippen LogP contribution is -2.13. The molecule has 86 valence electrons. The fourth-order valence-corrected chi connectivity index (χ4v) is 2.93. The van der Waals surface area contributed by atoms with Crippen molar-refractivity contribution in [2.24, 2.45) is 5.16 Å². The highest BCUT2D eigenvalue weighted by Crippen LogP contribution is 2.34. The maximum atomic E-state index is 8.73. The minimum atomic E-state index is 0.624. The van der Waals surface area contributed by atoms with E-state index in [0.29, 0.717) is 5.92 Å². The van der Waals surface area contributed by atoms with Crippen LogP contribution in [0.4, 0.5) is 0 Å². The van der Waals surface area contributed by atoms with E-state index in [-0.39, 0.29) is 0 Å². The van der Waals surface area contributed by atoms with Crippen molar-refractivity contribution < 1.29 is 5.21 Å². The summed E-state index contributed by atoms with van der Waals surface area (Å²) in [5, 5.41) is 13.0. The molecule has 0 unspecified atom stereocenters. The Morgan fingerprint density at radius 3 is 2.56 bits per heavy atom. The standard InChI is InChI=1S/C13H16BrNO/c14-9-11-3-1-2-4-13(11)10-5-7-12(15-16)8-6-10/h1-4,10,16H,5-9H2. The van der Waals surface area contributed by atoms with E-state index < -0.39 is 0 Å². The summed E-state index contributed by atoms with van der Waals surface area (Å²) >= 11 is 3.54. The Kier molecular flexibility index (Phi) is 3.99. The third kappa shape index (κ3) is 2.46. The smallest absolute Gasteiger partial charge is 0.0571 e. The Morgan fingerprint density at radius 1 is 1.25 bits per heavy atom. The average Bonchev–Trinajstić information content (AvgIpc) is 2.39. The Bertz CT molecular complexity index is 379. The van der Waals surface area contributed by atoms with Crippen molar-refractivity contribution in [1.29, 1.82) is 0 Å². The molecule has 2 rings (SSSR count). The highest BCUT2D eigenvalue weighted by molar-refractivity contribution is 9.08. The Morgan fingerprint density at radius 2 is 1.94 bits per heavy atom. The third-order valence-electron chi connectivity index (χ3n) is 3.34. The molecular formula is C13H16BrNO. The lowest BCUT2D eigenvalue weighted by atomic mass is 9.81. The topological polar surface area (TPSA) is 32.6 Å². The van der Waals surface area contributed by atoms with E-state index in [2.05, 4.69) is 45.4 Å². The van der Waals surface area contributed by atoms with Gasteiger partial charge in [-0.3, -0.25) is 0 Å². The van der Waals surface area contributed by atoms with Crippen LogP contribution in [0.15, 0.2) is 29.4 Å². The summed E-state index contributed by atoms with van der Waals surface area (Å²) in [6.07, 6.45) is 4.06. The van der Waals surface area contributed by atoms with Crippen molar-refractivity contribution in [3.63, 3.8) is 0 Å². The molecule has 1 saturated carbocycles. The molecule has 0 atom stereocenters. The van der Waals surface area contributed by atoms with Gasteiger partial charge in [-0.15, -0.1) is 0 Å². The largest absolute Gasteiger partial charge is 0.411 e. The third-order valence-corrected chi connectivity index (χ3v) is 3.95. The van der Waals surface area contributed by atoms with Crippen molar-refractivity contribution in [3.05, 3.63) is 35.4 Å². The molecule has 0 aromatic heterocycles. The molecule has 1 aromatic carbocycles. The zero-order valence-corrected chi connectivity index (χ0v) is 10.8. The number of benzene rings is 1. The van der Waals surface area contributed by atoms with Crippen LogP contribution in [0.5, 0.6) is 0 Å². The number of hydrogen-bond donors (Lipinski definition) is 1. The second-order valence-electron chi connectivity index (χ2n) is 4.27. The lowest BCUT2D eigenvalue weighted by molar-refractivity contribution is 0.313. The van der Waals surface area contributed by atoms with E-state index in [9.17, 15) is 0 Å². The first-order valence-electron chi connectivity index (χ1n) is 5.68. The van der Waals surface area contributed by atoms with Crippen LogP contribution in [0, 0.1) is 0 Å². The molecule has 16 heavy (non-hydrogen) atoms. The fraction of sp³-hybridized carbons (Fsp3) is 0.462. The van der Waals surface area contributed by atoms with Crippen molar-refractivity contribution >= 4 is 21.6 Å². The second-order valence-corrected chi connectivity index (χ2v) is 4.83. The summed E-state index contributed by atoms with van der Waals surface area (Å²) < 4.78 is 0. The van der Waals surface area contributed by atoms with E-state index in [1.54, 1.807) is 0 Å². The number of rotatable bonds is 2. The van der Waals surface area contributed by atoms with E-state index >= 15 is 0 Å². The van der Waals surface area contributed by atoms with Crippen LogP contribution in [0.2, 0.25) is 0 Å². The Labute approximate surface area is 104 Å². The van der Waals surface area contributed by atoms with Crippen LogP contribution in [-0.4, -0.2) is 10.9 Å². The molecule has 0 saturated heterocycles. The maximum Gasteiger partial charge on any atom is 0.0571 e. The minimum Gasteiger partial charge on any atom is -0.411 e. The highest BCUT2D eigenvalue weighted by atomic mass is 79.9. The minimum absolute atomic E-state index is 0.624. The molecule has 0 spiro atoms. The first-order valence-corrected chi connectivity index (χ1v) is 6.81. The molecule has 1 aliphatic carbocycles. The average molecular weight is 282 g/mol. The van der Waals surface area contributed by atoms with Gasteiger partial charge in [-0.25, -0.2) is 0 Å². The van der Waals surface area contributed by atoms with Crippen LogP contribution in [0.25, 0.3) is 0 Å². The normalized spacial score (nSPS) is 20.8. The predicted molar refractivity (Wildman–Crippen MR) is 69.5 cm³/mol. The Balaban J connectivity index is 2.13. The summed E-state index contributed by atoms with van der Waals surface area (Å²) in [5.74, 6) is 0.624. The van der Waals surface area contributed by atoms with Crippen LogP contribution in [0.1, 0.15) is 42.7 Å². The first kappa shape index (κ1) is 11.6. The van der Waals surface area contributed by atoms with E-state index in [1.165, 1.54) is 11.1 Å². The number of alkyl halides is 1. The molecule has 3 heteroatoms. The van der Waals surface area contributed by atoms with Crippen molar-refractivity contribution in [3.8, 4) is 0 Å². The predicted octanol–water partition coefficient (Wildman–Crippen LogP) is 4.07. The van der Waals surface area contributed by atoms with Crippen molar-refractivity contribution in [1.82, 2.24) is 0 Å². The molecule has 0 aliphatic heterocycles. The van der Waals surface area contributed by atoms with Gasteiger partial charge in [0.1, 0.15) is 0 Å². The zero-order valence-electron chi connectivity index (χ0n) is 9.19. The van der Waals surface area contributed by atoms with Gasteiger partial charge in [0, 0.05) is 5.33 Å². The summed E-state index contributed by atoms with van der Waals surface area (Å²) in [6, 6.07) is 8.60. The number of hydrogen-bond acceptors (Lipinski definition) is 2. The summed E-state index contributed by atoms with van der Waals surface area (Å²) in [6.45, 7) is 0. The van der Waals surface area contributed by atoms with Gasteiger partial charge < -0.3 is 5.21 Å². The second kappa shape index (κ2) is 5.48. The quantitative estimate of drug-likeness (QED) is 0.495. The van der Waals surface area contributed by atoms with Crippen molar-refractivity contribution in [2.75, 3.05) is 0 Å².